The van der Waals surface area contributed by atoms with Crippen molar-refractivity contribution in [3.05, 3.63) is 41.3 Å². The number of hydrogen-bond acceptors (Lipinski definition) is 4. The van der Waals surface area contributed by atoms with E-state index in [1.807, 2.05) is 41.2 Å². The normalized spacial score (nSPS) is 10.8. The number of thiocarbonyl (C=S) groups is 1. The van der Waals surface area contributed by atoms with E-state index in [1.165, 1.54) is 11.8 Å². The minimum absolute atomic E-state index is 0.339. The van der Waals surface area contributed by atoms with Crippen LogP contribution in [0.15, 0.2) is 35.7 Å². The summed E-state index contributed by atoms with van der Waals surface area (Å²) >= 11 is 6.08. The highest BCUT2D eigenvalue weighted by atomic mass is 32.2. The van der Waals surface area contributed by atoms with Gasteiger partial charge in [-0.1, -0.05) is 54.3 Å². The number of rotatable bonds is 4. The summed E-state index contributed by atoms with van der Waals surface area (Å²) in [7, 11) is -2.68. The Balaban J connectivity index is 2.34. The second-order valence-corrected chi connectivity index (χ2v) is 4.93. The molecule has 4 nitrogen and oxygen atoms in total. The molecule has 1 aromatic rings. The first kappa shape index (κ1) is 13.2. The molecular weight excluding hydrogens is 264 g/mol. The molecule has 0 unspecified atom stereocenters. The summed E-state index contributed by atoms with van der Waals surface area (Å²) in [6.45, 7) is 0. The Morgan fingerprint density at radius 3 is 2.62 bits per heavy atom. The van der Waals surface area contributed by atoms with E-state index in [0.717, 1.165) is 5.56 Å². The minimum atomic E-state index is -2.68. The highest BCUT2D eigenvalue weighted by Crippen LogP contribution is 2.08. The van der Waals surface area contributed by atoms with Gasteiger partial charge in [-0.3, -0.25) is 5.43 Å². The Morgan fingerprint density at radius 2 is 2.00 bits per heavy atom. The van der Waals surface area contributed by atoms with Crippen LogP contribution in [0.25, 0.3) is 6.08 Å². The molecule has 0 heterocycles. The Morgan fingerprint density at radius 1 is 1.31 bits per heavy atom. The molecule has 86 valence electrons. The zero-order chi connectivity index (χ0) is 11.8. The van der Waals surface area contributed by atoms with Gasteiger partial charge in [0.25, 0.3) is 0 Å². The largest absolute Gasteiger partial charge is 0.293 e. The van der Waals surface area contributed by atoms with Gasteiger partial charge in [0.2, 0.25) is 10.9 Å². The molecule has 0 aliphatic carbocycles. The van der Waals surface area contributed by atoms with Gasteiger partial charge in [0.1, 0.15) is 0 Å². The zero-order valence-corrected chi connectivity index (χ0v) is 10.6. The van der Waals surface area contributed by atoms with Crippen molar-refractivity contribution in [3.8, 4) is 0 Å². The van der Waals surface area contributed by atoms with E-state index in [2.05, 4.69) is 5.43 Å². The van der Waals surface area contributed by atoms with Gasteiger partial charge < -0.3 is 0 Å². The summed E-state index contributed by atoms with van der Waals surface area (Å²) in [4.78, 5) is 2.00. The van der Waals surface area contributed by atoms with Crippen molar-refractivity contribution in [2.45, 2.75) is 0 Å². The lowest BCUT2D eigenvalue weighted by Gasteiger charge is -2.00. The van der Waals surface area contributed by atoms with Gasteiger partial charge in [0.15, 0.2) is 4.32 Å². The molecule has 0 saturated carbocycles. The quantitative estimate of drug-likeness (QED) is 0.439. The number of nitrogens with one attached hydrogen (secondary N) is 2. The molecule has 0 radical (unpaired) electrons. The first-order chi connectivity index (χ1) is 7.68. The molecule has 0 saturated heterocycles. The standard InChI is InChI=1S/C9H10N2O2S3/c12-16(13)11-10-9(14)15-7-6-8-4-2-1-3-5-8/h1-7,16H,(H,10,14)(H,11,12,13). The number of hydrogen-bond donors (Lipinski definition) is 3. The minimum Gasteiger partial charge on any atom is -0.293 e. The van der Waals surface area contributed by atoms with Crippen LogP contribution in [0.3, 0.4) is 0 Å². The smallest absolute Gasteiger partial charge is 0.218 e. The molecule has 0 spiro atoms. The molecule has 0 amide bonds. The third-order valence-electron chi connectivity index (χ3n) is 1.48. The molecule has 2 N–H and O–H groups in total. The van der Waals surface area contributed by atoms with Gasteiger partial charge >= 0.3 is 0 Å². The van der Waals surface area contributed by atoms with Crippen molar-refractivity contribution in [3.63, 3.8) is 0 Å². The molecule has 0 aliphatic heterocycles. The summed E-state index contributed by atoms with van der Waals surface area (Å²) in [5, 5.41) is 1.78. The first-order valence-corrected chi connectivity index (χ1v) is 6.73. The van der Waals surface area contributed by atoms with Crippen LogP contribution in [0, 0.1) is 0 Å². The van der Waals surface area contributed by atoms with E-state index < -0.39 is 10.9 Å². The van der Waals surface area contributed by atoms with E-state index in [-0.39, 0.29) is 0 Å². The maximum Gasteiger partial charge on any atom is 0.218 e. The second kappa shape index (κ2) is 7.39. The summed E-state index contributed by atoms with van der Waals surface area (Å²) in [5.74, 6) is 0. The van der Waals surface area contributed by atoms with Crippen LogP contribution in [0.5, 0.6) is 0 Å². The van der Waals surface area contributed by atoms with Crippen molar-refractivity contribution < 1.29 is 8.42 Å². The van der Waals surface area contributed by atoms with Gasteiger partial charge in [0.05, 0.1) is 0 Å². The maximum atomic E-state index is 10.2. The lowest BCUT2D eigenvalue weighted by Crippen LogP contribution is -2.32. The van der Waals surface area contributed by atoms with E-state index in [1.54, 1.807) is 5.41 Å². The molecule has 0 aromatic heterocycles. The molecule has 0 aliphatic rings. The number of hydrazine groups is 1. The van der Waals surface area contributed by atoms with Crippen molar-refractivity contribution in [1.29, 1.82) is 0 Å². The van der Waals surface area contributed by atoms with Gasteiger partial charge in [-0.05, 0) is 17.0 Å². The average Bonchev–Trinajstić information content (AvgIpc) is 2.28. The van der Waals surface area contributed by atoms with Gasteiger partial charge in [0, 0.05) is 0 Å². The molecule has 0 fully saturated rings. The van der Waals surface area contributed by atoms with Crippen LogP contribution in [0.4, 0.5) is 0 Å². The Kier molecular flexibility index (Phi) is 6.09. The topological polar surface area (TPSA) is 58.2 Å². The number of thioether (sulfide) groups is 1. The highest BCUT2D eigenvalue weighted by Gasteiger charge is 1.92. The van der Waals surface area contributed by atoms with E-state index in [4.69, 9.17) is 12.2 Å². The lowest BCUT2D eigenvalue weighted by atomic mass is 10.2. The zero-order valence-electron chi connectivity index (χ0n) is 8.12. The first-order valence-electron chi connectivity index (χ1n) is 4.27. The Hall–Kier alpha value is -0.890. The van der Waals surface area contributed by atoms with Crippen LogP contribution in [-0.2, 0) is 10.9 Å². The van der Waals surface area contributed by atoms with E-state index in [9.17, 15) is 8.42 Å². The number of benzene rings is 1. The molecule has 1 rings (SSSR count). The third kappa shape index (κ3) is 5.86. The van der Waals surface area contributed by atoms with Crippen molar-refractivity contribution in [1.82, 2.24) is 10.3 Å². The Labute approximate surface area is 105 Å². The average molecular weight is 274 g/mol. The molecule has 7 heteroatoms. The van der Waals surface area contributed by atoms with Crippen molar-refractivity contribution in [2.24, 2.45) is 0 Å². The van der Waals surface area contributed by atoms with Crippen LogP contribution >= 0.6 is 24.0 Å². The molecule has 0 bridgehead atoms. The fourth-order valence-corrected chi connectivity index (χ4v) is 1.89. The predicted octanol–water partition coefficient (Wildman–Crippen LogP) is 1.30. The van der Waals surface area contributed by atoms with Crippen LogP contribution in [-0.4, -0.2) is 12.7 Å². The number of thiol groups is 1. The van der Waals surface area contributed by atoms with E-state index in [0.29, 0.717) is 4.32 Å². The summed E-state index contributed by atoms with van der Waals surface area (Å²) < 4.78 is 20.7. The van der Waals surface area contributed by atoms with Crippen molar-refractivity contribution in [2.75, 3.05) is 0 Å². The van der Waals surface area contributed by atoms with Crippen molar-refractivity contribution >= 4 is 45.3 Å². The second-order valence-electron chi connectivity index (χ2n) is 2.61. The fraction of sp³-hybridized carbons (Fsp3) is 0. The molecule has 16 heavy (non-hydrogen) atoms. The van der Waals surface area contributed by atoms with Crippen LogP contribution < -0.4 is 10.3 Å². The highest BCUT2D eigenvalue weighted by molar-refractivity contribution is 8.24. The Bertz CT molecular complexity index is 435. The van der Waals surface area contributed by atoms with Gasteiger partial charge in [-0.2, -0.15) is 0 Å². The summed E-state index contributed by atoms with van der Waals surface area (Å²) in [6.07, 6.45) is 1.88. The maximum absolute atomic E-state index is 10.2. The summed E-state index contributed by atoms with van der Waals surface area (Å²) in [5.41, 5.74) is 3.42. The van der Waals surface area contributed by atoms with Gasteiger partial charge in [-0.25, -0.2) is 8.42 Å². The van der Waals surface area contributed by atoms with Crippen LogP contribution in [0.2, 0.25) is 0 Å². The van der Waals surface area contributed by atoms with E-state index >= 15 is 0 Å². The molecule has 0 atom stereocenters. The summed E-state index contributed by atoms with van der Waals surface area (Å²) in [6, 6.07) is 9.72. The fourth-order valence-electron chi connectivity index (χ4n) is 0.859. The van der Waals surface area contributed by atoms with Crippen LogP contribution in [0.1, 0.15) is 5.56 Å². The molecular formula is C9H10N2O2S3. The van der Waals surface area contributed by atoms with Gasteiger partial charge in [-0.15, -0.1) is 4.83 Å². The predicted molar refractivity (Wildman–Crippen MR) is 72.3 cm³/mol. The molecule has 1 aromatic carbocycles. The lowest BCUT2D eigenvalue weighted by molar-refractivity contribution is 0.599. The SMILES string of the molecule is O=[SH](=O)NNC(=S)SC=Cc1ccccc1. The monoisotopic (exact) mass is 274 g/mol. The third-order valence-corrected chi connectivity index (χ3v) is 2.76.